The van der Waals surface area contributed by atoms with Gasteiger partial charge in [0.2, 0.25) is 0 Å². The van der Waals surface area contributed by atoms with E-state index in [1.807, 2.05) is 0 Å². The van der Waals surface area contributed by atoms with Gasteiger partial charge in [-0.3, -0.25) is 4.90 Å². The van der Waals surface area contributed by atoms with Crippen LogP contribution < -0.4 is 5.73 Å². The average Bonchev–Trinajstić information content (AvgIpc) is 2.79. The van der Waals surface area contributed by atoms with Crippen molar-refractivity contribution in [3.63, 3.8) is 0 Å². The number of likely N-dealkylation sites (tertiary alicyclic amines) is 1. The molecular formula is C14H19Cl2F5N2O. The Kier molecular flexibility index (Phi) is 8.89. The van der Waals surface area contributed by atoms with E-state index in [0.29, 0.717) is 5.56 Å². The molecule has 2 rings (SSSR count). The lowest BCUT2D eigenvalue weighted by Crippen LogP contribution is -2.48. The predicted molar refractivity (Wildman–Crippen MR) is 84.9 cm³/mol. The summed E-state index contributed by atoms with van der Waals surface area (Å²) in [7, 11) is 1.20. The number of halogens is 7. The summed E-state index contributed by atoms with van der Waals surface area (Å²) in [5, 5.41) is 0. The summed E-state index contributed by atoms with van der Waals surface area (Å²) < 4.78 is 70.1. The summed E-state index contributed by atoms with van der Waals surface area (Å²) in [6, 6.07) is 0.940. The van der Waals surface area contributed by atoms with Gasteiger partial charge in [-0.15, -0.1) is 24.8 Å². The Balaban J connectivity index is 0.00000264. The molecule has 24 heavy (non-hydrogen) atoms. The van der Waals surface area contributed by atoms with Crippen LogP contribution in [0.15, 0.2) is 18.2 Å². The van der Waals surface area contributed by atoms with E-state index < -0.39 is 42.4 Å². The fourth-order valence-electron chi connectivity index (χ4n) is 2.78. The van der Waals surface area contributed by atoms with Gasteiger partial charge in [-0.1, -0.05) is 6.07 Å². The molecule has 140 valence electrons. The van der Waals surface area contributed by atoms with Crippen LogP contribution in [-0.2, 0) is 4.74 Å². The second kappa shape index (κ2) is 9.15. The first-order chi connectivity index (χ1) is 10.2. The fraction of sp³-hybridized carbons (Fsp3) is 0.571. The summed E-state index contributed by atoms with van der Waals surface area (Å²) >= 11 is 0. The van der Waals surface area contributed by atoms with Gasteiger partial charge >= 0.3 is 6.18 Å². The Morgan fingerprint density at radius 1 is 1.21 bits per heavy atom. The SMILES string of the molecule is COC[C@@H](N1C[C@@H](N)[C@H](c2ccc(F)c(F)c2)C1)C(F)(F)F.Cl.Cl. The van der Waals surface area contributed by atoms with E-state index >= 15 is 0 Å². The van der Waals surface area contributed by atoms with E-state index in [9.17, 15) is 22.0 Å². The summed E-state index contributed by atoms with van der Waals surface area (Å²) in [6.45, 7) is -0.475. The lowest BCUT2D eigenvalue weighted by atomic mass is 9.95. The van der Waals surface area contributed by atoms with Gasteiger partial charge in [0.25, 0.3) is 0 Å². The molecule has 0 aliphatic carbocycles. The van der Waals surface area contributed by atoms with E-state index in [4.69, 9.17) is 5.73 Å². The molecule has 2 N–H and O–H groups in total. The van der Waals surface area contributed by atoms with Gasteiger partial charge in [-0.05, 0) is 17.7 Å². The maximum absolute atomic E-state index is 13.3. The van der Waals surface area contributed by atoms with Crippen molar-refractivity contribution in [2.75, 3.05) is 26.8 Å². The van der Waals surface area contributed by atoms with Gasteiger partial charge in [0.1, 0.15) is 6.04 Å². The van der Waals surface area contributed by atoms with Crippen molar-refractivity contribution in [2.24, 2.45) is 5.73 Å². The molecule has 1 aliphatic heterocycles. The van der Waals surface area contributed by atoms with E-state index in [0.717, 1.165) is 12.1 Å². The topological polar surface area (TPSA) is 38.5 Å². The minimum absolute atomic E-state index is 0. The van der Waals surface area contributed by atoms with Crippen LogP contribution in [0.25, 0.3) is 0 Å². The van der Waals surface area contributed by atoms with Gasteiger partial charge in [-0.2, -0.15) is 13.2 Å². The van der Waals surface area contributed by atoms with Crippen LogP contribution in [0.1, 0.15) is 11.5 Å². The molecule has 0 amide bonds. The first-order valence-electron chi connectivity index (χ1n) is 6.74. The summed E-state index contributed by atoms with van der Waals surface area (Å²) in [5.74, 6) is -2.52. The van der Waals surface area contributed by atoms with Crippen molar-refractivity contribution in [3.8, 4) is 0 Å². The molecule has 0 unspecified atom stereocenters. The van der Waals surface area contributed by atoms with Crippen LogP contribution >= 0.6 is 24.8 Å². The smallest absolute Gasteiger partial charge is 0.383 e. The summed E-state index contributed by atoms with van der Waals surface area (Å²) in [4.78, 5) is 1.18. The van der Waals surface area contributed by atoms with Crippen LogP contribution in [-0.4, -0.2) is 50.0 Å². The van der Waals surface area contributed by atoms with E-state index in [1.54, 1.807) is 0 Å². The Morgan fingerprint density at radius 3 is 2.33 bits per heavy atom. The summed E-state index contributed by atoms with van der Waals surface area (Å²) in [5.41, 5.74) is 6.30. The molecule has 3 nitrogen and oxygen atoms in total. The van der Waals surface area contributed by atoms with Gasteiger partial charge in [-0.25, -0.2) is 8.78 Å². The van der Waals surface area contributed by atoms with Crippen molar-refractivity contribution in [1.29, 1.82) is 0 Å². The van der Waals surface area contributed by atoms with Crippen LogP contribution in [0, 0.1) is 11.6 Å². The Labute approximate surface area is 149 Å². The Morgan fingerprint density at radius 2 is 1.83 bits per heavy atom. The third-order valence-electron chi connectivity index (χ3n) is 3.91. The van der Waals surface area contributed by atoms with E-state index in [1.165, 1.54) is 18.1 Å². The average molecular weight is 397 g/mol. The van der Waals surface area contributed by atoms with Crippen molar-refractivity contribution >= 4 is 24.8 Å². The van der Waals surface area contributed by atoms with Crippen molar-refractivity contribution in [1.82, 2.24) is 4.90 Å². The highest BCUT2D eigenvalue weighted by atomic mass is 35.5. The highest BCUT2D eigenvalue weighted by Crippen LogP contribution is 2.33. The van der Waals surface area contributed by atoms with Crippen LogP contribution in [0.5, 0.6) is 0 Å². The quantitative estimate of drug-likeness (QED) is 0.794. The summed E-state index contributed by atoms with van der Waals surface area (Å²) in [6.07, 6.45) is -4.45. The number of methoxy groups -OCH3 is 1. The molecule has 1 heterocycles. The maximum atomic E-state index is 13.3. The molecular weight excluding hydrogens is 378 g/mol. The standard InChI is InChI=1S/C14H17F5N2O.2ClH/c1-22-7-13(14(17,18)19)21-5-9(12(20)6-21)8-2-3-10(15)11(16)4-8;;/h2-4,9,12-13H,5-7,20H2,1H3;2*1H/t9-,12+,13+;;/m0../s1. The van der Waals surface area contributed by atoms with Crippen molar-refractivity contribution < 1.29 is 26.7 Å². The van der Waals surface area contributed by atoms with Crippen LogP contribution in [0.4, 0.5) is 22.0 Å². The lowest BCUT2D eigenvalue weighted by molar-refractivity contribution is -0.192. The molecule has 1 aromatic rings. The zero-order valence-electron chi connectivity index (χ0n) is 12.7. The van der Waals surface area contributed by atoms with Gasteiger partial charge < -0.3 is 10.5 Å². The largest absolute Gasteiger partial charge is 0.406 e. The first-order valence-corrected chi connectivity index (χ1v) is 6.74. The number of nitrogens with zero attached hydrogens (tertiary/aromatic N) is 1. The Bertz CT molecular complexity index is 532. The number of ether oxygens (including phenoxy) is 1. The molecule has 0 spiro atoms. The molecule has 0 aromatic heterocycles. The number of benzene rings is 1. The minimum Gasteiger partial charge on any atom is -0.383 e. The molecule has 1 fully saturated rings. The molecule has 1 saturated heterocycles. The molecule has 10 heteroatoms. The maximum Gasteiger partial charge on any atom is 0.406 e. The van der Waals surface area contributed by atoms with Gasteiger partial charge in [0, 0.05) is 32.2 Å². The normalized spacial score (nSPS) is 22.6. The van der Waals surface area contributed by atoms with Crippen LogP contribution in [0.2, 0.25) is 0 Å². The minimum atomic E-state index is -4.45. The second-order valence-corrected chi connectivity index (χ2v) is 5.41. The molecule has 3 atom stereocenters. The number of hydrogen-bond donors (Lipinski definition) is 1. The Hall–Kier alpha value is -0.670. The monoisotopic (exact) mass is 396 g/mol. The third kappa shape index (κ3) is 5.16. The zero-order valence-corrected chi connectivity index (χ0v) is 14.4. The molecule has 1 aromatic carbocycles. The molecule has 0 radical (unpaired) electrons. The number of nitrogens with two attached hydrogens (primary N) is 1. The highest BCUT2D eigenvalue weighted by Gasteiger charge is 2.47. The molecule has 1 aliphatic rings. The van der Waals surface area contributed by atoms with E-state index in [-0.39, 0.29) is 37.9 Å². The third-order valence-corrected chi connectivity index (χ3v) is 3.91. The fourth-order valence-corrected chi connectivity index (χ4v) is 2.78. The van der Waals surface area contributed by atoms with Gasteiger partial charge in [0.05, 0.1) is 6.61 Å². The van der Waals surface area contributed by atoms with Crippen molar-refractivity contribution in [3.05, 3.63) is 35.4 Å². The predicted octanol–water partition coefficient (Wildman–Crippen LogP) is 3.11. The number of rotatable bonds is 4. The molecule has 0 bridgehead atoms. The van der Waals surface area contributed by atoms with Crippen LogP contribution in [0.3, 0.4) is 0 Å². The zero-order chi connectivity index (χ0) is 16.5. The first kappa shape index (κ1) is 23.3. The lowest BCUT2D eigenvalue weighted by Gasteiger charge is -2.29. The van der Waals surface area contributed by atoms with Gasteiger partial charge in [0.15, 0.2) is 11.6 Å². The van der Waals surface area contributed by atoms with Crippen molar-refractivity contribution in [2.45, 2.75) is 24.2 Å². The number of hydrogen-bond acceptors (Lipinski definition) is 3. The molecule has 0 saturated carbocycles. The number of alkyl halides is 3. The van der Waals surface area contributed by atoms with E-state index in [2.05, 4.69) is 4.74 Å². The second-order valence-electron chi connectivity index (χ2n) is 5.41. The highest BCUT2D eigenvalue weighted by molar-refractivity contribution is 5.85.